The molecule has 12 N–H and O–H groups in total. The fourth-order valence-electron chi connectivity index (χ4n) is 4.02. The smallest absolute Gasteiger partial charge is 0.231 e. The lowest BCUT2D eigenvalue weighted by molar-refractivity contribution is 0.170. The van der Waals surface area contributed by atoms with Crippen LogP contribution in [-0.4, -0.2) is 143 Å². The van der Waals surface area contributed by atoms with Crippen LogP contribution in [0.3, 0.4) is 0 Å². The van der Waals surface area contributed by atoms with E-state index in [1.165, 1.54) is 106 Å². The molecule has 0 radical (unpaired) electrons. The molecule has 0 spiro atoms. The number of rotatable bonds is 16. The molecule has 4 aromatic rings. The zero-order valence-corrected chi connectivity index (χ0v) is 38.7. The highest BCUT2D eigenvalue weighted by molar-refractivity contribution is 7.90. The Labute approximate surface area is 369 Å². The number of nitrogens with zero attached hydrogens (tertiary/aromatic N) is 8. The van der Waals surface area contributed by atoms with E-state index in [1.807, 2.05) is 0 Å². The van der Waals surface area contributed by atoms with Crippen molar-refractivity contribution >= 4 is 40.1 Å². The number of nitrogens with two attached hydrogens (primary N) is 4. The van der Waals surface area contributed by atoms with Crippen LogP contribution >= 0.6 is 0 Å². The minimum atomic E-state index is -3.81. The van der Waals surface area contributed by atoms with Crippen molar-refractivity contribution in [3.8, 4) is 23.5 Å². The van der Waals surface area contributed by atoms with Gasteiger partial charge in [0.15, 0.2) is 0 Å². The molecule has 0 fully saturated rings. The molecular formula is C32H52N12O16S4. The predicted octanol–water partition coefficient (Wildman–Crippen LogP) is -3.22. The first kappa shape index (κ1) is 57.0. The third-order valence-electron chi connectivity index (χ3n) is 8.49. The van der Waals surface area contributed by atoms with E-state index in [0.717, 1.165) is 0 Å². The lowest BCUT2D eigenvalue weighted by Crippen LogP contribution is -2.31. The minimum Gasteiger partial charge on any atom is -0.480 e. The monoisotopic (exact) mass is 988 g/mol. The van der Waals surface area contributed by atoms with E-state index >= 15 is 0 Å². The highest BCUT2D eigenvalue weighted by atomic mass is 32.2. The zero-order valence-electron chi connectivity index (χ0n) is 35.4. The zero-order chi connectivity index (χ0) is 49.4. The summed E-state index contributed by atoms with van der Waals surface area (Å²) in [4.78, 5) is 30.5. The lowest BCUT2D eigenvalue weighted by atomic mass is 10.2. The molecule has 28 nitrogen and oxygen atoms in total. The molecule has 0 amide bonds. The van der Waals surface area contributed by atoms with E-state index in [2.05, 4.69) is 39.9 Å². The molecule has 64 heavy (non-hydrogen) atoms. The summed E-state index contributed by atoms with van der Waals surface area (Å²) in [6.07, 6.45) is 4.86. The summed E-state index contributed by atoms with van der Waals surface area (Å²) in [5, 5.41) is 53.8. The van der Waals surface area contributed by atoms with E-state index < -0.39 is 85.5 Å². The predicted molar refractivity (Wildman–Crippen MR) is 224 cm³/mol. The highest BCUT2D eigenvalue weighted by Gasteiger charge is 2.30. The average Bonchev–Trinajstić information content (AvgIpc) is 3.26. The average molecular weight is 989 g/mol. The SMILES string of the molecule is COc1cnc([C@@H](O)[C@@H](C)S(N)(=O)=O)cn1.COc1cnc([C@@H](O)[C@H](C)S(N)(=O)=O)cn1.COc1cnc([C@H](O)[C@@H](C)S(N)(=O)=O)cn1.COc1cnc([C@H](O)[C@H](C)S(N)(=O)=O)cn1. The first-order valence-corrected chi connectivity index (χ1v) is 24.1. The van der Waals surface area contributed by atoms with Crippen molar-refractivity contribution in [1.82, 2.24) is 39.9 Å². The normalized spacial score (nSPS) is 15.5. The second-order valence-corrected chi connectivity index (χ2v) is 20.6. The fraction of sp³-hybridized carbons (Fsp3) is 0.500. The molecule has 0 aliphatic heterocycles. The van der Waals surface area contributed by atoms with Crippen LogP contribution in [0.4, 0.5) is 0 Å². The molecule has 4 rings (SSSR count). The number of ether oxygens (including phenoxy) is 4. The van der Waals surface area contributed by atoms with Gasteiger partial charge in [-0.05, 0) is 27.7 Å². The van der Waals surface area contributed by atoms with Gasteiger partial charge < -0.3 is 39.4 Å². The molecule has 0 aliphatic carbocycles. The standard InChI is InChI=1S/4C8H13N3O4S/c4*1-5(16(9,13)14)8(12)6-3-11-7(15-2)4-10-6/h4*3-5,8,12H,1-2H3,(H2,9,13,14)/t2*5-,8+;2*5-,8-/m1010/s1. The van der Waals surface area contributed by atoms with Crippen LogP contribution in [0.15, 0.2) is 49.6 Å². The van der Waals surface area contributed by atoms with Gasteiger partial charge in [-0.25, -0.2) is 74.2 Å². The van der Waals surface area contributed by atoms with Crippen LogP contribution in [0.5, 0.6) is 23.5 Å². The van der Waals surface area contributed by atoms with E-state index in [1.54, 1.807) is 0 Å². The van der Waals surface area contributed by atoms with E-state index in [-0.39, 0.29) is 46.3 Å². The summed E-state index contributed by atoms with van der Waals surface area (Å²) in [6.45, 7) is 5.19. The maximum atomic E-state index is 11.0. The number of hydrogen-bond acceptors (Lipinski definition) is 24. The number of sulfonamides is 4. The van der Waals surface area contributed by atoms with Crippen molar-refractivity contribution in [3.05, 3.63) is 72.4 Å². The molecule has 4 heterocycles. The van der Waals surface area contributed by atoms with Gasteiger partial charge in [-0.2, -0.15) is 0 Å². The fourth-order valence-corrected chi connectivity index (χ4v) is 6.01. The maximum Gasteiger partial charge on any atom is 0.231 e. The first-order chi connectivity index (χ1) is 29.4. The topological polar surface area (TPSA) is 462 Å². The quantitative estimate of drug-likeness (QED) is 0.0547. The number of hydrogen-bond donors (Lipinski definition) is 8. The summed E-state index contributed by atoms with van der Waals surface area (Å²) >= 11 is 0. The van der Waals surface area contributed by atoms with Gasteiger partial charge in [-0.1, -0.05) is 0 Å². The van der Waals surface area contributed by atoms with Gasteiger partial charge in [0.25, 0.3) is 0 Å². The molecule has 0 saturated carbocycles. The van der Waals surface area contributed by atoms with Crippen LogP contribution in [0.1, 0.15) is 74.9 Å². The summed E-state index contributed by atoms with van der Waals surface area (Å²) < 4.78 is 107. The number of aliphatic hydroxyl groups is 4. The third kappa shape index (κ3) is 18.2. The second kappa shape index (κ2) is 24.9. The Bertz CT molecular complexity index is 2130. The highest BCUT2D eigenvalue weighted by Crippen LogP contribution is 2.22. The van der Waals surface area contributed by atoms with Crippen LogP contribution in [0, 0.1) is 0 Å². The Morgan fingerprint density at radius 3 is 0.609 bits per heavy atom. The second-order valence-electron chi connectivity index (χ2n) is 12.9. The molecule has 0 saturated heterocycles. The molecule has 0 unspecified atom stereocenters. The molecule has 0 aromatic carbocycles. The molecule has 360 valence electrons. The van der Waals surface area contributed by atoms with Crippen molar-refractivity contribution in [3.63, 3.8) is 0 Å². The van der Waals surface area contributed by atoms with E-state index in [0.29, 0.717) is 0 Å². The van der Waals surface area contributed by atoms with Crippen molar-refractivity contribution in [2.24, 2.45) is 20.6 Å². The Hall–Kier alpha value is -5.00. The van der Waals surface area contributed by atoms with Gasteiger partial charge in [0.2, 0.25) is 63.6 Å². The van der Waals surface area contributed by atoms with Gasteiger partial charge in [0, 0.05) is 0 Å². The summed E-state index contributed by atoms with van der Waals surface area (Å²) in [7, 11) is -9.56. The number of aromatic nitrogens is 8. The van der Waals surface area contributed by atoms with Gasteiger partial charge in [-0.3, -0.25) is 19.9 Å². The summed E-state index contributed by atoms with van der Waals surface area (Å²) in [6, 6.07) is 0. The van der Waals surface area contributed by atoms with Gasteiger partial charge >= 0.3 is 0 Å². The van der Waals surface area contributed by atoms with Crippen LogP contribution in [0.2, 0.25) is 0 Å². The maximum absolute atomic E-state index is 11.0. The van der Waals surface area contributed by atoms with E-state index in [4.69, 9.17) is 39.5 Å². The molecule has 0 bridgehead atoms. The third-order valence-corrected chi connectivity index (χ3v) is 13.7. The summed E-state index contributed by atoms with van der Waals surface area (Å²) in [5.41, 5.74) is 0.509. The summed E-state index contributed by atoms with van der Waals surface area (Å²) in [5.74, 6) is 1.11. The molecule has 8 atom stereocenters. The molecular weight excluding hydrogens is 937 g/mol. The molecule has 32 heteroatoms. The van der Waals surface area contributed by atoms with Crippen LogP contribution in [-0.2, 0) is 40.1 Å². The minimum absolute atomic E-state index is 0.127. The number of methoxy groups -OCH3 is 4. The van der Waals surface area contributed by atoms with Crippen molar-refractivity contribution in [2.75, 3.05) is 28.4 Å². The molecule has 4 aromatic heterocycles. The van der Waals surface area contributed by atoms with Crippen molar-refractivity contribution in [2.45, 2.75) is 73.1 Å². The van der Waals surface area contributed by atoms with Crippen LogP contribution < -0.4 is 39.5 Å². The van der Waals surface area contributed by atoms with Gasteiger partial charge in [0.05, 0.1) is 101 Å². The van der Waals surface area contributed by atoms with Gasteiger partial charge in [0.1, 0.15) is 45.4 Å². The molecule has 0 aliphatic rings. The Kier molecular flexibility index (Phi) is 22.2. The Morgan fingerprint density at radius 1 is 0.359 bits per heavy atom. The Balaban J connectivity index is 0.000000427. The first-order valence-electron chi connectivity index (χ1n) is 17.7. The lowest BCUT2D eigenvalue weighted by Gasteiger charge is -2.15. The Morgan fingerprint density at radius 2 is 0.516 bits per heavy atom. The number of aliphatic hydroxyl groups excluding tert-OH is 4. The van der Waals surface area contributed by atoms with Gasteiger partial charge in [-0.15, -0.1) is 0 Å². The van der Waals surface area contributed by atoms with E-state index in [9.17, 15) is 54.1 Å². The van der Waals surface area contributed by atoms with Crippen molar-refractivity contribution < 1.29 is 73.0 Å². The van der Waals surface area contributed by atoms with Crippen molar-refractivity contribution in [1.29, 1.82) is 0 Å². The van der Waals surface area contributed by atoms with Crippen LogP contribution in [0.25, 0.3) is 0 Å². The number of primary sulfonamides is 4. The largest absolute Gasteiger partial charge is 0.480 e.